The van der Waals surface area contributed by atoms with Gasteiger partial charge in [-0.3, -0.25) is 0 Å². The average Bonchev–Trinajstić information content (AvgIpc) is 2.31. The van der Waals surface area contributed by atoms with Crippen LogP contribution in [0.5, 0.6) is 5.75 Å². The molecule has 1 aromatic rings. The van der Waals surface area contributed by atoms with Crippen LogP contribution in [0.3, 0.4) is 0 Å². The SMILES string of the molecule is CCOc1cccc(N2CC[N]CC2)c1. The Balaban J connectivity index is 2.09. The molecule has 15 heavy (non-hydrogen) atoms. The number of anilines is 1. The van der Waals surface area contributed by atoms with Crippen molar-refractivity contribution in [1.29, 1.82) is 0 Å². The van der Waals surface area contributed by atoms with Gasteiger partial charge in [-0.15, -0.1) is 0 Å². The predicted molar refractivity (Wildman–Crippen MR) is 61.7 cm³/mol. The van der Waals surface area contributed by atoms with Crippen molar-refractivity contribution in [1.82, 2.24) is 5.32 Å². The first-order valence-corrected chi connectivity index (χ1v) is 5.51. The van der Waals surface area contributed by atoms with Crippen molar-refractivity contribution >= 4 is 5.69 Å². The molecule has 1 fully saturated rings. The number of nitrogens with zero attached hydrogens (tertiary/aromatic N) is 2. The lowest BCUT2D eigenvalue weighted by atomic mass is 10.2. The smallest absolute Gasteiger partial charge is 0.121 e. The van der Waals surface area contributed by atoms with Gasteiger partial charge in [0.25, 0.3) is 0 Å². The highest BCUT2D eigenvalue weighted by molar-refractivity contribution is 5.51. The van der Waals surface area contributed by atoms with Crippen LogP contribution in [-0.2, 0) is 0 Å². The van der Waals surface area contributed by atoms with Gasteiger partial charge in [-0.1, -0.05) is 6.07 Å². The fourth-order valence-electron chi connectivity index (χ4n) is 1.80. The molecule has 1 aliphatic heterocycles. The molecule has 0 amide bonds. The quantitative estimate of drug-likeness (QED) is 0.747. The molecule has 0 bridgehead atoms. The van der Waals surface area contributed by atoms with Crippen molar-refractivity contribution in [2.45, 2.75) is 6.92 Å². The fourth-order valence-corrected chi connectivity index (χ4v) is 1.80. The number of piperazine rings is 1. The molecule has 2 rings (SSSR count). The second-order valence-electron chi connectivity index (χ2n) is 3.59. The molecule has 3 heteroatoms. The zero-order valence-electron chi connectivity index (χ0n) is 9.15. The molecule has 1 heterocycles. The normalized spacial score (nSPS) is 16.5. The first-order valence-electron chi connectivity index (χ1n) is 5.51. The van der Waals surface area contributed by atoms with Gasteiger partial charge in [0.2, 0.25) is 0 Å². The summed E-state index contributed by atoms with van der Waals surface area (Å²) in [7, 11) is 0. The summed E-state index contributed by atoms with van der Waals surface area (Å²) in [6, 6.07) is 8.29. The van der Waals surface area contributed by atoms with Gasteiger partial charge in [-0.25, -0.2) is 5.32 Å². The molecule has 0 unspecified atom stereocenters. The van der Waals surface area contributed by atoms with Crippen molar-refractivity contribution in [3.63, 3.8) is 0 Å². The van der Waals surface area contributed by atoms with Crippen molar-refractivity contribution in [2.75, 3.05) is 37.7 Å². The topological polar surface area (TPSA) is 26.6 Å². The van der Waals surface area contributed by atoms with Crippen molar-refractivity contribution < 1.29 is 4.74 Å². The lowest BCUT2D eigenvalue weighted by Crippen LogP contribution is -2.40. The summed E-state index contributed by atoms with van der Waals surface area (Å²) < 4.78 is 5.49. The molecule has 0 N–H and O–H groups in total. The van der Waals surface area contributed by atoms with Crippen LogP contribution in [0.2, 0.25) is 0 Å². The Kier molecular flexibility index (Phi) is 3.45. The maximum absolute atomic E-state index is 5.49. The number of ether oxygens (including phenoxy) is 1. The summed E-state index contributed by atoms with van der Waals surface area (Å²) in [6.07, 6.45) is 0. The highest BCUT2D eigenvalue weighted by Gasteiger charge is 2.11. The van der Waals surface area contributed by atoms with Crippen LogP contribution in [-0.4, -0.2) is 32.8 Å². The zero-order chi connectivity index (χ0) is 10.5. The van der Waals surface area contributed by atoms with Crippen molar-refractivity contribution in [2.24, 2.45) is 0 Å². The summed E-state index contributed by atoms with van der Waals surface area (Å²) >= 11 is 0. The van der Waals surface area contributed by atoms with E-state index < -0.39 is 0 Å². The summed E-state index contributed by atoms with van der Waals surface area (Å²) in [5.74, 6) is 0.956. The van der Waals surface area contributed by atoms with Gasteiger partial charge >= 0.3 is 0 Å². The van der Waals surface area contributed by atoms with Gasteiger partial charge < -0.3 is 9.64 Å². The summed E-state index contributed by atoms with van der Waals surface area (Å²) in [4.78, 5) is 2.36. The van der Waals surface area contributed by atoms with Crippen molar-refractivity contribution in [3.8, 4) is 5.75 Å². The van der Waals surface area contributed by atoms with Gasteiger partial charge in [-0.05, 0) is 19.1 Å². The van der Waals surface area contributed by atoms with Gasteiger partial charge in [0.05, 0.1) is 6.61 Å². The Bertz CT molecular complexity index is 308. The Morgan fingerprint density at radius 3 is 2.87 bits per heavy atom. The minimum absolute atomic E-state index is 0.721. The van der Waals surface area contributed by atoms with Crippen molar-refractivity contribution in [3.05, 3.63) is 24.3 Å². The molecular weight excluding hydrogens is 188 g/mol. The molecule has 81 valence electrons. The molecule has 1 aliphatic rings. The molecule has 1 saturated heterocycles. The van der Waals surface area contributed by atoms with Gasteiger partial charge in [-0.2, -0.15) is 0 Å². The molecule has 1 radical (unpaired) electrons. The Labute approximate surface area is 91.0 Å². The minimum atomic E-state index is 0.721. The van der Waals surface area contributed by atoms with E-state index in [0.29, 0.717) is 0 Å². The summed E-state index contributed by atoms with van der Waals surface area (Å²) in [6.45, 7) is 6.66. The zero-order valence-corrected chi connectivity index (χ0v) is 9.15. The van der Waals surface area contributed by atoms with Gasteiger partial charge in [0.1, 0.15) is 5.75 Å². The second-order valence-corrected chi connectivity index (χ2v) is 3.59. The number of hydrogen-bond acceptors (Lipinski definition) is 2. The summed E-state index contributed by atoms with van der Waals surface area (Å²) in [5.41, 5.74) is 1.25. The van der Waals surface area contributed by atoms with E-state index >= 15 is 0 Å². The van der Waals surface area contributed by atoms with Crippen LogP contribution < -0.4 is 15.0 Å². The van der Waals surface area contributed by atoms with Gasteiger partial charge in [0, 0.05) is 37.9 Å². The molecular formula is C12H17N2O. The van der Waals surface area contributed by atoms with E-state index in [4.69, 9.17) is 4.74 Å². The highest BCUT2D eigenvalue weighted by atomic mass is 16.5. The van der Waals surface area contributed by atoms with E-state index in [2.05, 4.69) is 22.3 Å². The first-order chi connectivity index (χ1) is 7.40. The van der Waals surface area contributed by atoms with E-state index in [-0.39, 0.29) is 0 Å². The van der Waals surface area contributed by atoms with Crippen LogP contribution in [0.4, 0.5) is 5.69 Å². The fraction of sp³-hybridized carbons (Fsp3) is 0.500. The van der Waals surface area contributed by atoms with E-state index in [0.717, 1.165) is 38.5 Å². The first kappa shape index (κ1) is 10.3. The van der Waals surface area contributed by atoms with Gasteiger partial charge in [0.15, 0.2) is 0 Å². The summed E-state index contributed by atoms with van der Waals surface area (Å²) in [5, 5.41) is 4.34. The lowest BCUT2D eigenvalue weighted by Gasteiger charge is -2.28. The molecule has 1 aromatic carbocycles. The Morgan fingerprint density at radius 1 is 1.33 bits per heavy atom. The standard InChI is InChI=1S/C12H17N2O/c1-2-15-12-5-3-4-11(10-12)14-8-6-13-7-9-14/h3-5,10H,2,6-9H2,1H3. The molecule has 0 spiro atoms. The van der Waals surface area contributed by atoms with Crippen LogP contribution in [0.1, 0.15) is 6.92 Å². The largest absolute Gasteiger partial charge is 0.494 e. The third kappa shape index (κ3) is 2.63. The number of benzene rings is 1. The molecule has 0 saturated carbocycles. The third-order valence-corrected chi connectivity index (χ3v) is 2.55. The molecule has 0 aliphatic carbocycles. The molecule has 0 atom stereocenters. The number of hydrogen-bond donors (Lipinski definition) is 0. The average molecular weight is 205 g/mol. The van der Waals surface area contributed by atoms with E-state index in [9.17, 15) is 0 Å². The highest BCUT2D eigenvalue weighted by Crippen LogP contribution is 2.21. The maximum Gasteiger partial charge on any atom is 0.121 e. The second kappa shape index (κ2) is 5.03. The van der Waals surface area contributed by atoms with E-state index in [1.807, 2.05) is 19.1 Å². The molecule has 3 nitrogen and oxygen atoms in total. The van der Waals surface area contributed by atoms with Crippen LogP contribution >= 0.6 is 0 Å². The minimum Gasteiger partial charge on any atom is -0.494 e. The molecule has 0 aromatic heterocycles. The maximum atomic E-state index is 5.49. The van der Waals surface area contributed by atoms with Crippen LogP contribution in [0, 0.1) is 0 Å². The third-order valence-electron chi connectivity index (χ3n) is 2.55. The lowest BCUT2D eigenvalue weighted by molar-refractivity contribution is 0.340. The van der Waals surface area contributed by atoms with E-state index in [1.165, 1.54) is 5.69 Å². The van der Waals surface area contributed by atoms with Crippen LogP contribution in [0.25, 0.3) is 0 Å². The Morgan fingerprint density at radius 2 is 2.13 bits per heavy atom. The number of rotatable bonds is 3. The van der Waals surface area contributed by atoms with Crippen LogP contribution in [0.15, 0.2) is 24.3 Å². The Hall–Kier alpha value is -1.22. The monoisotopic (exact) mass is 205 g/mol. The predicted octanol–water partition coefficient (Wildman–Crippen LogP) is 1.51. The van der Waals surface area contributed by atoms with E-state index in [1.54, 1.807) is 0 Å².